The standard InChI is InChI=1S/C19H19N3O4S2/c1-12-17(13-6-4-3-5-7-13)19(12,18(23)24)22(28(25)26)16-9-8-15(27-16)14-10-21(2)11-20-14/h3-12,17H,1-2H3,(H,23,24)(H,25,26)/p-1. The van der Waals surface area contributed by atoms with Gasteiger partial charge in [-0.3, -0.25) is 8.51 Å². The van der Waals surface area contributed by atoms with Crippen LogP contribution in [0, 0.1) is 5.92 Å². The van der Waals surface area contributed by atoms with Crippen molar-refractivity contribution in [1.82, 2.24) is 9.55 Å². The lowest BCUT2D eigenvalue weighted by Gasteiger charge is -2.32. The number of hydrogen-bond acceptors (Lipinski definition) is 5. The van der Waals surface area contributed by atoms with Gasteiger partial charge in [0, 0.05) is 36.3 Å². The van der Waals surface area contributed by atoms with Gasteiger partial charge in [-0.1, -0.05) is 37.3 Å². The van der Waals surface area contributed by atoms with Crippen LogP contribution >= 0.6 is 11.3 Å². The molecular formula is C19H18N3O4S2-. The van der Waals surface area contributed by atoms with Gasteiger partial charge in [0.25, 0.3) is 0 Å². The average molecular weight is 417 g/mol. The van der Waals surface area contributed by atoms with Crippen LogP contribution in [0.1, 0.15) is 18.4 Å². The van der Waals surface area contributed by atoms with Crippen molar-refractivity contribution in [2.24, 2.45) is 13.0 Å². The molecule has 1 fully saturated rings. The Morgan fingerprint density at radius 2 is 2.04 bits per heavy atom. The van der Waals surface area contributed by atoms with E-state index < -0.39 is 28.7 Å². The zero-order valence-electron chi connectivity index (χ0n) is 15.2. The van der Waals surface area contributed by atoms with Gasteiger partial charge in [-0.2, -0.15) is 0 Å². The molecule has 1 aliphatic carbocycles. The first-order valence-corrected chi connectivity index (χ1v) is 10.5. The summed E-state index contributed by atoms with van der Waals surface area (Å²) < 4.78 is 27.2. The van der Waals surface area contributed by atoms with Crippen LogP contribution in [0.4, 0.5) is 5.00 Å². The normalized spacial score (nSPS) is 24.7. The van der Waals surface area contributed by atoms with Gasteiger partial charge in [0.2, 0.25) is 0 Å². The first kappa shape index (κ1) is 18.9. The molecule has 146 valence electrons. The molecule has 7 nitrogen and oxygen atoms in total. The van der Waals surface area contributed by atoms with Gasteiger partial charge in [0.1, 0.15) is 5.00 Å². The number of anilines is 1. The van der Waals surface area contributed by atoms with E-state index in [2.05, 4.69) is 4.98 Å². The summed E-state index contributed by atoms with van der Waals surface area (Å²) in [6, 6.07) is 12.6. The molecular weight excluding hydrogens is 398 g/mol. The Morgan fingerprint density at radius 3 is 2.61 bits per heavy atom. The molecule has 1 saturated carbocycles. The smallest absolute Gasteiger partial charge is 0.331 e. The Morgan fingerprint density at radius 1 is 1.32 bits per heavy atom. The second-order valence-corrected chi connectivity index (χ2v) is 8.74. The Labute approximate surface area is 168 Å². The largest absolute Gasteiger partial charge is 0.755 e. The quantitative estimate of drug-likeness (QED) is 0.623. The number of benzene rings is 1. The molecule has 4 rings (SSSR count). The van der Waals surface area contributed by atoms with E-state index in [0.29, 0.717) is 10.7 Å². The van der Waals surface area contributed by atoms with Gasteiger partial charge in [-0.05, 0) is 17.7 Å². The molecule has 1 aliphatic rings. The van der Waals surface area contributed by atoms with Crippen molar-refractivity contribution < 1.29 is 18.7 Å². The van der Waals surface area contributed by atoms with E-state index in [0.717, 1.165) is 14.7 Å². The number of imidazole rings is 1. The average Bonchev–Trinajstić information content (AvgIpc) is 3.00. The first-order chi connectivity index (χ1) is 13.4. The van der Waals surface area contributed by atoms with Crippen LogP contribution in [-0.2, 0) is 23.1 Å². The molecule has 2 aromatic heterocycles. The van der Waals surface area contributed by atoms with Crippen molar-refractivity contribution in [2.45, 2.75) is 18.4 Å². The lowest BCUT2D eigenvalue weighted by molar-refractivity contribution is -0.139. The van der Waals surface area contributed by atoms with Crippen LogP contribution in [0.5, 0.6) is 0 Å². The Kier molecular flexibility index (Phi) is 4.60. The number of aryl methyl sites for hydroxylation is 1. The van der Waals surface area contributed by atoms with Crippen molar-refractivity contribution >= 4 is 33.6 Å². The van der Waals surface area contributed by atoms with Crippen molar-refractivity contribution in [3.63, 3.8) is 0 Å². The Balaban J connectivity index is 1.78. The van der Waals surface area contributed by atoms with Crippen molar-refractivity contribution in [3.05, 3.63) is 60.6 Å². The lowest BCUT2D eigenvalue weighted by Crippen LogP contribution is -2.47. The third-order valence-corrected chi connectivity index (χ3v) is 7.30. The summed E-state index contributed by atoms with van der Waals surface area (Å²) in [5.74, 6) is -1.94. The molecule has 0 radical (unpaired) electrons. The number of carboxylic acid groups (broad SMARTS) is 1. The maximum absolute atomic E-state index is 12.4. The highest BCUT2D eigenvalue weighted by atomic mass is 32.2. The minimum absolute atomic E-state index is 0.363. The molecule has 0 spiro atoms. The fourth-order valence-corrected chi connectivity index (χ4v) is 6.01. The molecule has 0 amide bonds. The summed E-state index contributed by atoms with van der Waals surface area (Å²) in [5.41, 5.74) is -0.0159. The topological polar surface area (TPSA) is 98.5 Å². The molecule has 2 heterocycles. The first-order valence-electron chi connectivity index (χ1n) is 8.63. The van der Waals surface area contributed by atoms with E-state index in [4.69, 9.17) is 0 Å². The monoisotopic (exact) mass is 416 g/mol. The van der Waals surface area contributed by atoms with E-state index in [1.807, 2.05) is 43.6 Å². The lowest BCUT2D eigenvalue weighted by atomic mass is 10.1. The van der Waals surface area contributed by atoms with Crippen LogP contribution in [0.3, 0.4) is 0 Å². The SMILES string of the molecule is CC1C(c2ccccc2)C1(C(=O)O)N(c1ccc(-c2cn(C)cn2)s1)S(=O)[O-]. The number of carbonyl (C=O) groups is 1. The number of aromatic nitrogens is 2. The maximum Gasteiger partial charge on any atom is 0.331 e. The molecule has 9 heteroatoms. The highest BCUT2D eigenvalue weighted by molar-refractivity contribution is 7.81. The van der Waals surface area contributed by atoms with Crippen molar-refractivity contribution in [2.75, 3.05) is 4.31 Å². The number of nitrogens with zero attached hydrogens (tertiary/aromatic N) is 3. The number of aliphatic carboxylic acids is 1. The zero-order valence-corrected chi connectivity index (χ0v) is 16.8. The van der Waals surface area contributed by atoms with Gasteiger partial charge in [0.05, 0.1) is 16.9 Å². The summed E-state index contributed by atoms with van der Waals surface area (Å²) >= 11 is -1.53. The highest BCUT2D eigenvalue weighted by Crippen LogP contribution is 2.62. The van der Waals surface area contributed by atoms with E-state index in [1.165, 1.54) is 11.3 Å². The molecule has 3 aromatic rings. The summed E-state index contributed by atoms with van der Waals surface area (Å²) in [6.07, 6.45) is 3.49. The van der Waals surface area contributed by atoms with Crippen LogP contribution < -0.4 is 4.31 Å². The minimum Gasteiger partial charge on any atom is -0.755 e. The van der Waals surface area contributed by atoms with Gasteiger partial charge in [-0.15, -0.1) is 11.3 Å². The highest BCUT2D eigenvalue weighted by Gasteiger charge is 2.72. The third kappa shape index (κ3) is 2.78. The number of rotatable bonds is 6. The van der Waals surface area contributed by atoms with Crippen LogP contribution in [0.15, 0.2) is 55.0 Å². The van der Waals surface area contributed by atoms with Crippen LogP contribution in [0.2, 0.25) is 0 Å². The fraction of sp³-hybridized carbons (Fsp3) is 0.263. The summed E-state index contributed by atoms with van der Waals surface area (Å²) in [7, 11) is 1.85. The Hall–Kier alpha value is -2.49. The molecule has 0 aliphatic heterocycles. The predicted octanol–water partition coefficient (Wildman–Crippen LogP) is 3.01. The van der Waals surface area contributed by atoms with E-state index in [-0.39, 0.29) is 5.92 Å². The maximum atomic E-state index is 12.4. The summed E-state index contributed by atoms with van der Waals surface area (Å²) in [4.78, 5) is 17.4. The minimum atomic E-state index is -2.75. The third-order valence-electron chi connectivity index (χ3n) is 5.29. The molecule has 1 N–H and O–H groups in total. The number of thiophene rings is 1. The predicted molar refractivity (Wildman–Crippen MR) is 107 cm³/mol. The van der Waals surface area contributed by atoms with Gasteiger partial charge >= 0.3 is 5.97 Å². The number of hydrogen-bond donors (Lipinski definition) is 1. The van der Waals surface area contributed by atoms with Gasteiger partial charge in [0.15, 0.2) is 5.54 Å². The van der Waals surface area contributed by atoms with Crippen molar-refractivity contribution in [3.8, 4) is 10.6 Å². The molecule has 0 bridgehead atoms. The van der Waals surface area contributed by atoms with Crippen molar-refractivity contribution in [1.29, 1.82) is 0 Å². The summed E-state index contributed by atoms with van der Waals surface area (Å²) in [6.45, 7) is 1.78. The molecule has 1 aromatic carbocycles. The van der Waals surface area contributed by atoms with Gasteiger partial charge < -0.3 is 14.2 Å². The Bertz CT molecular complexity index is 1050. The second-order valence-electron chi connectivity index (χ2n) is 6.88. The fourth-order valence-electron chi connectivity index (χ4n) is 3.97. The number of carboxylic acids is 1. The van der Waals surface area contributed by atoms with Crippen LogP contribution in [0.25, 0.3) is 10.6 Å². The zero-order chi connectivity index (χ0) is 20.1. The van der Waals surface area contributed by atoms with Crippen LogP contribution in [-0.4, -0.2) is 34.9 Å². The molecule has 28 heavy (non-hydrogen) atoms. The van der Waals surface area contributed by atoms with E-state index in [9.17, 15) is 18.7 Å². The summed E-state index contributed by atoms with van der Waals surface area (Å²) in [5, 5.41) is 10.5. The van der Waals surface area contributed by atoms with E-state index >= 15 is 0 Å². The molecule has 4 unspecified atom stereocenters. The van der Waals surface area contributed by atoms with Gasteiger partial charge in [-0.25, -0.2) is 9.78 Å². The van der Waals surface area contributed by atoms with E-state index in [1.54, 1.807) is 30.0 Å². The second kappa shape index (κ2) is 6.84. The molecule has 0 saturated heterocycles. The molecule has 4 atom stereocenters.